The number of hydrogen-bond acceptors (Lipinski definition) is 3. The highest BCUT2D eigenvalue weighted by molar-refractivity contribution is 5.30. The molecule has 0 saturated heterocycles. The third kappa shape index (κ3) is 2.81. The Kier molecular flexibility index (Phi) is 4.18. The lowest BCUT2D eigenvalue weighted by atomic mass is 10.0. The lowest BCUT2D eigenvalue weighted by Crippen LogP contribution is -2.17. The molecule has 0 amide bonds. The van der Waals surface area contributed by atoms with Gasteiger partial charge in [0.1, 0.15) is 18.1 Å². The van der Waals surface area contributed by atoms with E-state index in [0.29, 0.717) is 6.61 Å². The number of hydrogen-bond donors (Lipinski definition) is 1. The first kappa shape index (κ1) is 12.9. The SMILES string of the molecule is CNC(c1cccc(C)c1)c1ccc(COC)o1. The van der Waals surface area contributed by atoms with Crippen molar-refractivity contribution in [2.24, 2.45) is 0 Å². The van der Waals surface area contributed by atoms with E-state index in [9.17, 15) is 0 Å². The van der Waals surface area contributed by atoms with Gasteiger partial charge in [-0.05, 0) is 31.7 Å². The predicted molar refractivity (Wildman–Crippen MR) is 71.5 cm³/mol. The quantitative estimate of drug-likeness (QED) is 0.879. The molecule has 0 bridgehead atoms. The molecule has 1 aromatic heterocycles. The van der Waals surface area contributed by atoms with E-state index in [1.807, 2.05) is 19.2 Å². The average molecular weight is 245 g/mol. The number of methoxy groups -OCH3 is 1. The fourth-order valence-electron chi connectivity index (χ4n) is 2.09. The predicted octanol–water partition coefficient (Wildman–Crippen LogP) is 3.04. The third-order valence-corrected chi connectivity index (χ3v) is 2.92. The molecular weight excluding hydrogens is 226 g/mol. The Labute approximate surface area is 108 Å². The summed E-state index contributed by atoms with van der Waals surface area (Å²) >= 11 is 0. The summed E-state index contributed by atoms with van der Waals surface area (Å²) < 4.78 is 10.8. The van der Waals surface area contributed by atoms with E-state index in [1.165, 1.54) is 11.1 Å². The number of ether oxygens (including phenoxy) is 1. The molecule has 0 aliphatic carbocycles. The van der Waals surface area contributed by atoms with Crippen LogP contribution < -0.4 is 5.32 Å². The molecule has 1 N–H and O–H groups in total. The van der Waals surface area contributed by atoms with Gasteiger partial charge in [0.25, 0.3) is 0 Å². The van der Waals surface area contributed by atoms with Crippen molar-refractivity contribution < 1.29 is 9.15 Å². The van der Waals surface area contributed by atoms with Gasteiger partial charge in [-0.25, -0.2) is 0 Å². The minimum absolute atomic E-state index is 0.0792. The maximum atomic E-state index is 5.78. The first-order valence-corrected chi connectivity index (χ1v) is 6.06. The second kappa shape index (κ2) is 5.85. The minimum atomic E-state index is 0.0792. The molecule has 0 saturated carbocycles. The van der Waals surface area contributed by atoms with Gasteiger partial charge in [-0.3, -0.25) is 0 Å². The van der Waals surface area contributed by atoms with E-state index in [4.69, 9.17) is 9.15 Å². The molecule has 3 heteroatoms. The van der Waals surface area contributed by atoms with Crippen LogP contribution in [0.5, 0.6) is 0 Å². The summed E-state index contributed by atoms with van der Waals surface area (Å²) in [6.07, 6.45) is 0. The molecule has 96 valence electrons. The van der Waals surface area contributed by atoms with Gasteiger partial charge in [-0.2, -0.15) is 0 Å². The molecule has 1 aromatic carbocycles. The average Bonchev–Trinajstić information content (AvgIpc) is 2.79. The summed E-state index contributed by atoms with van der Waals surface area (Å²) in [4.78, 5) is 0. The Bertz CT molecular complexity index is 505. The summed E-state index contributed by atoms with van der Waals surface area (Å²) in [6, 6.07) is 12.5. The van der Waals surface area contributed by atoms with Gasteiger partial charge in [0.05, 0.1) is 6.04 Å². The van der Waals surface area contributed by atoms with Gasteiger partial charge < -0.3 is 14.5 Å². The first-order valence-electron chi connectivity index (χ1n) is 6.06. The zero-order chi connectivity index (χ0) is 13.0. The molecule has 1 atom stereocenters. The van der Waals surface area contributed by atoms with Gasteiger partial charge in [-0.15, -0.1) is 0 Å². The highest BCUT2D eigenvalue weighted by Crippen LogP contribution is 2.24. The van der Waals surface area contributed by atoms with Crippen molar-refractivity contribution >= 4 is 0 Å². The number of benzene rings is 1. The van der Waals surface area contributed by atoms with Crippen molar-refractivity contribution in [3.8, 4) is 0 Å². The normalized spacial score (nSPS) is 12.6. The summed E-state index contributed by atoms with van der Waals surface area (Å²) in [5.41, 5.74) is 2.45. The first-order chi connectivity index (χ1) is 8.74. The zero-order valence-corrected chi connectivity index (χ0v) is 11.1. The number of furan rings is 1. The monoisotopic (exact) mass is 245 g/mol. The highest BCUT2D eigenvalue weighted by Gasteiger charge is 2.16. The Balaban J connectivity index is 2.27. The summed E-state index contributed by atoms with van der Waals surface area (Å²) in [7, 11) is 3.60. The number of aryl methyl sites for hydroxylation is 1. The van der Waals surface area contributed by atoms with Crippen LogP contribution in [0.1, 0.15) is 28.7 Å². The molecule has 1 unspecified atom stereocenters. The molecule has 0 spiro atoms. The highest BCUT2D eigenvalue weighted by atomic mass is 16.5. The van der Waals surface area contributed by atoms with Crippen LogP contribution in [0.3, 0.4) is 0 Å². The second-order valence-electron chi connectivity index (χ2n) is 4.37. The second-order valence-corrected chi connectivity index (χ2v) is 4.37. The largest absolute Gasteiger partial charge is 0.462 e. The molecule has 2 rings (SSSR count). The van der Waals surface area contributed by atoms with Gasteiger partial charge >= 0.3 is 0 Å². The van der Waals surface area contributed by atoms with E-state index in [1.54, 1.807) is 7.11 Å². The van der Waals surface area contributed by atoms with Crippen molar-refractivity contribution in [2.75, 3.05) is 14.2 Å². The Morgan fingerprint density at radius 3 is 2.78 bits per heavy atom. The van der Waals surface area contributed by atoms with Crippen molar-refractivity contribution in [3.05, 3.63) is 59.0 Å². The summed E-state index contributed by atoms with van der Waals surface area (Å²) in [6.45, 7) is 2.60. The summed E-state index contributed by atoms with van der Waals surface area (Å²) in [5.74, 6) is 1.76. The fourth-order valence-corrected chi connectivity index (χ4v) is 2.09. The Morgan fingerprint density at radius 1 is 1.28 bits per heavy atom. The van der Waals surface area contributed by atoms with E-state index in [2.05, 4.69) is 36.5 Å². The lowest BCUT2D eigenvalue weighted by Gasteiger charge is -2.14. The lowest BCUT2D eigenvalue weighted by molar-refractivity contribution is 0.162. The van der Waals surface area contributed by atoms with Crippen molar-refractivity contribution in [1.29, 1.82) is 0 Å². The molecule has 0 radical (unpaired) electrons. The van der Waals surface area contributed by atoms with Gasteiger partial charge in [0.15, 0.2) is 0 Å². The maximum absolute atomic E-state index is 5.78. The minimum Gasteiger partial charge on any atom is -0.462 e. The van der Waals surface area contributed by atoms with E-state index >= 15 is 0 Å². The van der Waals surface area contributed by atoms with Crippen LogP contribution in [0.4, 0.5) is 0 Å². The number of rotatable bonds is 5. The smallest absolute Gasteiger partial charge is 0.129 e. The Hall–Kier alpha value is -1.58. The van der Waals surface area contributed by atoms with E-state index in [-0.39, 0.29) is 6.04 Å². The van der Waals surface area contributed by atoms with Crippen LogP contribution >= 0.6 is 0 Å². The third-order valence-electron chi connectivity index (χ3n) is 2.92. The molecule has 18 heavy (non-hydrogen) atoms. The van der Waals surface area contributed by atoms with Gasteiger partial charge in [0, 0.05) is 7.11 Å². The van der Waals surface area contributed by atoms with Crippen molar-refractivity contribution in [2.45, 2.75) is 19.6 Å². The standard InChI is InChI=1S/C15H19NO2/c1-11-5-4-6-12(9-11)15(16-2)14-8-7-13(18-14)10-17-3/h4-9,15-16H,10H2,1-3H3. The van der Waals surface area contributed by atoms with E-state index in [0.717, 1.165) is 11.5 Å². The summed E-state index contributed by atoms with van der Waals surface area (Å²) in [5, 5.41) is 3.28. The van der Waals surface area contributed by atoms with Crippen LogP contribution in [0.25, 0.3) is 0 Å². The van der Waals surface area contributed by atoms with Crippen LogP contribution in [0, 0.1) is 6.92 Å². The molecule has 0 fully saturated rings. The molecule has 3 nitrogen and oxygen atoms in total. The van der Waals surface area contributed by atoms with Gasteiger partial charge in [0.2, 0.25) is 0 Å². The molecule has 0 aliphatic rings. The molecule has 0 aliphatic heterocycles. The molecule has 1 heterocycles. The van der Waals surface area contributed by atoms with E-state index < -0.39 is 0 Å². The van der Waals surface area contributed by atoms with Crippen molar-refractivity contribution in [3.63, 3.8) is 0 Å². The Morgan fingerprint density at radius 2 is 2.11 bits per heavy atom. The zero-order valence-electron chi connectivity index (χ0n) is 11.1. The maximum Gasteiger partial charge on any atom is 0.129 e. The fraction of sp³-hybridized carbons (Fsp3) is 0.333. The van der Waals surface area contributed by atoms with Crippen LogP contribution in [0.15, 0.2) is 40.8 Å². The topological polar surface area (TPSA) is 34.4 Å². The molecular formula is C15H19NO2. The molecule has 2 aromatic rings. The number of nitrogens with one attached hydrogen (secondary N) is 1. The van der Waals surface area contributed by atoms with Crippen molar-refractivity contribution in [1.82, 2.24) is 5.32 Å². The van der Waals surface area contributed by atoms with Crippen LogP contribution in [0.2, 0.25) is 0 Å². The van der Waals surface area contributed by atoms with Gasteiger partial charge in [-0.1, -0.05) is 29.8 Å². The van der Waals surface area contributed by atoms with Crippen LogP contribution in [-0.2, 0) is 11.3 Å². The van der Waals surface area contributed by atoms with Crippen LogP contribution in [-0.4, -0.2) is 14.2 Å².